The molecule has 2 fully saturated rings. The highest BCUT2D eigenvalue weighted by Gasteiger charge is 2.21. The molecule has 7 nitrogen and oxygen atoms in total. The minimum Gasteiger partial charge on any atom is -0.489 e. The second-order valence-electron chi connectivity index (χ2n) is 7.55. The summed E-state index contributed by atoms with van der Waals surface area (Å²) in [6, 6.07) is 10.5. The Morgan fingerprint density at radius 1 is 1.17 bits per heavy atom. The summed E-state index contributed by atoms with van der Waals surface area (Å²) in [6.07, 6.45) is 7.87. The van der Waals surface area contributed by atoms with Crippen LogP contribution in [0, 0.1) is 5.92 Å². The van der Waals surface area contributed by atoms with Crippen LogP contribution in [0.4, 0.5) is 16.3 Å². The van der Waals surface area contributed by atoms with Gasteiger partial charge in [0, 0.05) is 30.5 Å². The highest BCUT2D eigenvalue weighted by atomic mass is 16.5. The maximum Gasteiger partial charge on any atom is 0.321 e. The van der Waals surface area contributed by atoms with Crippen molar-refractivity contribution < 1.29 is 14.3 Å². The lowest BCUT2D eigenvalue weighted by molar-refractivity contribution is 0.102. The number of aromatic nitrogens is 1. The summed E-state index contributed by atoms with van der Waals surface area (Å²) >= 11 is 0. The van der Waals surface area contributed by atoms with E-state index in [0.717, 1.165) is 5.69 Å². The monoisotopic (exact) mass is 394 g/mol. The topological polar surface area (TPSA) is 83.6 Å². The Hall–Kier alpha value is -3.09. The molecule has 0 unspecified atom stereocenters. The number of hydrogen-bond donors (Lipinski definition) is 2. The number of ether oxygens (including phenoxy) is 1. The molecule has 0 atom stereocenters. The van der Waals surface area contributed by atoms with Gasteiger partial charge in [0.05, 0.1) is 6.61 Å². The SMILES string of the molecule is O=C(Nc1ncccc1OCC1CCCCC1)c1ccc(N2CCNC2=O)cc1. The van der Waals surface area contributed by atoms with Crippen molar-refractivity contribution >= 4 is 23.4 Å². The highest BCUT2D eigenvalue weighted by molar-refractivity contribution is 6.05. The molecular weight excluding hydrogens is 368 g/mol. The number of benzene rings is 1. The number of carbonyl (C=O) groups is 2. The van der Waals surface area contributed by atoms with Crippen molar-refractivity contribution in [3.63, 3.8) is 0 Å². The number of carbonyl (C=O) groups excluding carboxylic acids is 2. The third-order valence-electron chi connectivity index (χ3n) is 5.50. The normalized spacial score (nSPS) is 17.1. The van der Waals surface area contributed by atoms with E-state index in [-0.39, 0.29) is 11.9 Å². The number of pyridine rings is 1. The van der Waals surface area contributed by atoms with Crippen molar-refractivity contribution in [3.8, 4) is 5.75 Å². The lowest BCUT2D eigenvalue weighted by atomic mass is 9.90. The fraction of sp³-hybridized carbons (Fsp3) is 0.409. The van der Waals surface area contributed by atoms with Crippen molar-refractivity contribution in [1.29, 1.82) is 0 Å². The van der Waals surface area contributed by atoms with Gasteiger partial charge in [0.25, 0.3) is 5.91 Å². The predicted molar refractivity (Wildman–Crippen MR) is 111 cm³/mol. The van der Waals surface area contributed by atoms with Crippen molar-refractivity contribution in [2.24, 2.45) is 5.92 Å². The Bertz CT molecular complexity index is 863. The summed E-state index contributed by atoms with van der Waals surface area (Å²) in [4.78, 5) is 30.4. The second-order valence-corrected chi connectivity index (χ2v) is 7.55. The van der Waals surface area contributed by atoms with Crippen LogP contribution in [-0.4, -0.2) is 36.6 Å². The zero-order valence-electron chi connectivity index (χ0n) is 16.4. The first-order chi connectivity index (χ1) is 14.2. The van der Waals surface area contributed by atoms with Gasteiger partial charge in [-0.2, -0.15) is 0 Å². The van der Waals surface area contributed by atoms with Crippen LogP contribution < -0.4 is 20.3 Å². The number of hydrogen-bond acceptors (Lipinski definition) is 4. The number of nitrogens with one attached hydrogen (secondary N) is 2. The molecule has 4 rings (SSSR count). The molecule has 1 saturated heterocycles. The summed E-state index contributed by atoms with van der Waals surface area (Å²) in [6.45, 7) is 1.91. The van der Waals surface area contributed by atoms with E-state index in [9.17, 15) is 9.59 Å². The van der Waals surface area contributed by atoms with Gasteiger partial charge in [-0.3, -0.25) is 9.69 Å². The van der Waals surface area contributed by atoms with E-state index in [1.54, 1.807) is 35.4 Å². The first-order valence-electron chi connectivity index (χ1n) is 10.3. The van der Waals surface area contributed by atoms with E-state index in [0.29, 0.717) is 42.7 Å². The Kier molecular flexibility index (Phi) is 5.93. The van der Waals surface area contributed by atoms with Crippen LogP contribution in [0.5, 0.6) is 5.75 Å². The van der Waals surface area contributed by atoms with Gasteiger partial charge >= 0.3 is 6.03 Å². The number of amides is 3. The average Bonchev–Trinajstić information content (AvgIpc) is 3.20. The number of rotatable bonds is 6. The first kappa shape index (κ1) is 19.2. The van der Waals surface area contributed by atoms with E-state index in [1.165, 1.54) is 32.1 Å². The molecule has 7 heteroatoms. The molecule has 1 aromatic carbocycles. The van der Waals surface area contributed by atoms with Crippen molar-refractivity contribution in [2.45, 2.75) is 32.1 Å². The Balaban J connectivity index is 1.39. The molecule has 1 saturated carbocycles. The Morgan fingerprint density at radius 3 is 2.69 bits per heavy atom. The molecule has 2 N–H and O–H groups in total. The zero-order chi connectivity index (χ0) is 20.1. The van der Waals surface area contributed by atoms with Crippen LogP contribution in [0.25, 0.3) is 0 Å². The summed E-state index contributed by atoms with van der Waals surface area (Å²) in [5.41, 5.74) is 1.27. The maximum absolute atomic E-state index is 12.7. The Morgan fingerprint density at radius 2 is 1.97 bits per heavy atom. The molecule has 0 bridgehead atoms. The summed E-state index contributed by atoms with van der Waals surface area (Å²) in [5, 5.41) is 5.61. The van der Waals surface area contributed by atoms with Gasteiger partial charge in [0.15, 0.2) is 11.6 Å². The van der Waals surface area contributed by atoms with Gasteiger partial charge in [-0.05, 0) is 55.2 Å². The lowest BCUT2D eigenvalue weighted by Gasteiger charge is -2.22. The molecule has 3 amide bonds. The largest absolute Gasteiger partial charge is 0.489 e. The number of urea groups is 1. The van der Waals surface area contributed by atoms with Gasteiger partial charge in [-0.25, -0.2) is 9.78 Å². The van der Waals surface area contributed by atoms with Gasteiger partial charge in [-0.1, -0.05) is 19.3 Å². The molecular formula is C22H26N4O3. The molecule has 1 aliphatic heterocycles. The van der Waals surface area contributed by atoms with E-state index < -0.39 is 0 Å². The van der Waals surface area contributed by atoms with Crippen LogP contribution in [-0.2, 0) is 0 Å². The fourth-order valence-corrected chi connectivity index (χ4v) is 3.85. The van der Waals surface area contributed by atoms with E-state index >= 15 is 0 Å². The standard InChI is InChI=1S/C22H26N4O3/c27-21(17-8-10-18(11-9-17)26-14-13-24-22(26)28)25-20-19(7-4-12-23-20)29-15-16-5-2-1-3-6-16/h4,7-12,16H,1-3,5-6,13-15H2,(H,24,28)(H,23,25,27). The van der Waals surface area contributed by atoms with E-state index in [2.05, 4.69) is 15.6 Å². The summed E-state index contributed by atoms with van der Waals surface area (Å²) in [7, 11) is 0. The van der Waals surface area contributed by atoms with Crippen LogP contribution in [0.15, 0.2) is 42.6 Å². The minimum absolute atomic E-state index is 0.115. The molecule has 2 aliphatic rings. The number of anilines is 2. The molecule has 0 spiro atoms. The zero-order valence-corrected chi connectivity index (χ0v) is 16.4. The second kappa shape index (κ2) is 8.94. The third kappa shape index (κ3) is 4.67. The van der Waals surface area contributed by atoms with Gasteiger partial charge in [0.2, 0.25) is 0 Å². The maximum atomic E-state index is 12.7. The van der Waals surface area contributed by atoms with E-state index in [1.807, 2.05) is 12.1 Å². The van der Waals surface area contributed by atoms with Crippen LogP contribution in [0.2, 0.25) is 0 Å². The molecule has 0 radical (unpaired) electrons. The van der Waals surface area contributed by atoms with E-state index in [4.69, 9.17) is 4.74 Å². The summed E-state index contributed by atoms with van der Waals surface area (Å²) in [5.74, 6) is 1.33. The first-order valence-corrected chi connectivity index (χ1v) is 10.3. The predicted octanol–water partition coefficient (Wildman–Crippen LogP) is 3.82. The van der Waals surface area contributed by atoms with Crippen molar-refractivity contribution in [3.05, 3.63) is 48.2 Å². The molecule has 2 aromatic rings. The molecule has 2 heterocycles. The number of nitrogens with zero attached hydrogens (tertiary/aromatic N) is 2. The highest BCUT2D eigenvalue weighted by Crippen LogP contribution is 2.27. The molecule has 1 aromatic heterocycles. The van der Waals surface area contributed by atoms with Crippen LogP contribution in [0.3, 0.4) is 0 Å². The third-order valence-corrected chi connectivity index (χ3v) is 5.50. The molecule has 29 heavy (non-hydrogen) atoms. The smallest absolute Gasteiger partial charge is 0.321 e. The summed E-state index contributed by atoms with van der Waals surface area (Å²) < 4.78 is 5.98. The van der Waals surface area contributed by atoms with Crippen LogP contribution in [0.1, 0.15) is 42.5 Å². The fourth-order valence-electron chi connectivity index (χ4n) is 3.85. The quantitative estimate of drug-likeness (QED) is 0.780. The molecule has 1 aliphatic carbocycles. The lowest BCUT2D eigenvalue weighted by Crippen LogP contribution is -2.27. The minimum atomic E-state index is -0.261. The van der Waals surface area contributed by atoms with Crippen molar-refractivity contribution in [2.75, 3.05) is 29.9 Å². The van der Waals surface area contributed by atoms with Gasteiger partial charge in [0.1, 0.15) is 0 Å². The van der Waals surface area contributed by atoms with Gasteiger partial charge < -0.3 is 15.4 Å². The molecule has 152 valence electrons. The Labute approximate surface area is 170 Å². The van der Waals surface area contributed by atoms with Crippen LogP contribution >= 0.6 is 0 Å². The average molecular weight is 394 g/mol. The van der Waals surface area contributed by atoms with Gasteiger partial charge in [-0.15, -0.1) is 0 Å². The van der Waals surface area contributed by atoms with Crippen molar-refractivity contribution in [1.82, 2.24) is 10.3 Å².